The van der Waals surface area contributed by atoms with Crippen LogP contribution in [-0.4, -0.2) is 9.97 Å². The summed E-state index contributed by atoms with van der Waals surface area (Å²) >= 11 is 0. The molecule has 0 amide bonds. The lowest BCUT2D eigenvalue weighted by molar-refractivity contribution is 0.753. The molecule has 2 N–H and O–H groups in total. The quantitative estimate of drug-likeness (QED) is 0.795. The van der Waals surface area contributed by atoms with Gasteiger partial charge in [0.15, 0.2) is 0 Å². The summed E-state index contributed by atoms with van der Waals surface area (Å²) in [6.07, 6.45) is 2.12. The highest BCUT2D eigenvalue weighted by atomic mass is 14.9. The van der Waals surface area contributed by atoms with Crippen LogP contribution >= 0.6 is 0 Å². The zero-order valence-electron chi connectivity index (χ0n) is 9.25. The Morgan fingerprint density at radius 2 is 2.07 bits per heavy atom. The smallest absolute Gasteiger partial charge is 0.142 e. The fraction of sp³-hybridized carbons (Fsp3) is 0.636. The van der Waals surface area contributed by atoms with E-state index >= 15 is 0 Å². The van der Waals surface area contributed by atoms with E-state index in [4.69, 9.17) is 5.73 Å². The van der Waals surface area contributed by atoms with Gasteiger partial charge in [-0.1, -0.05) is 27.2 Å². The van der Waals surface area contributed by atoms with E-state index in [0.717, 1.165) is 30.1 Å². The van der Waals surface area contributed by atoms with E-state index in [2.05, 4.69) is 36.8 Å². The van der Waals surface area contributed by atoms with Gasteiger partial charge in [0.1, 0.15) is 5.82 Å². The third-order valence-electron chi connectivity index (χ3n) is 2.13. The third-order valence-corrected chi connectivity index (χ3v) is 2.13. The van der Waals surface area contributed by atoms with Gasteiger partial charge in [0, 0.05) is 11.4 Å². The summed E-state index contributed by atoms with van der Waals surface area (Å²) in [6, 6.07) is 2.09. The molecule has 0 bridgehead atoms. The fourth-order valence-electron chi connectivity index (χ4n) is 1.35. The van der Waals surface area contributed by atoms with Crippen molar-refractivity contribution in [2.45, 2.75) is 46.1 Å². The number of hydrogen-bond acceptors (Lipinski definition) is 3. The zero-order chi connectivity index (χ0) is 10.6. The maximum Gasteiger partial charge on any atom is 0.142 e. The van der Waals surface area contributed by atoms with Crippen LogP contribution in [0.2, 0.25) is 0 Å². The van der Waals surface area contributed by atoms with Crippen molar-refractivity contribution in [2.24, 2.45) is 5.73 Å². The minimum Gasteiger partial charge on any atom is -0.324 e. The van der Waals surface area contributed by atoms with Crippen LogP contribution in [0.3, 0.4) is 0 Å². The number of hydrogen-bond donors (Lipinski definition) is 1. The number of aromatic nitrogens is 2. The first-order valence-electron chi connectivity index (χ1n) is 5.24. The fourth-order valence-corrected chi connectivity index (χ4v) is 1.35. The van der Waals surface area contributed by atoms with Gasteiger partial charge in [0.2, 0.25) is 0 Å². The highest BCUT2D eigenvalue weighted by molar-refractivity contribution is 5.14. The molecule has 0 saturated carbocycles. The lowest BCUT2D eigenvalue weighted by Gasteiger charge is -2.08. The van der Waals surface area contributed by atoms with Crippen LogP contribution in [-0.2, 0) is 13.0 Å². The molecule has 0 unspecified atom stereocenters. The normalized spacial score (nSPS) is 10.9. The summed E-state index contributed by atoms with van der Waals surface area (Å²) in [7, 11) is 0. The Bertz CT molecular complexity index is 295. The third kappa shape index (κ3) is 2.77. The first-order chi connectivity index (χ1) is 6.67. The lowest BCUT2D eigenvalue weighted by atomic mass is 10.1. The van der Waals surface area contributed by atoms with Crippen LogP contribution in [0.25, 0.3) is 0 Å². The number of aryl methyl sites for hydroxylation is 1. The van der Waals surface area contributed by atoms with Crippen molar-refractivity contribution in [3.05, 3.63) is 23.3 Å². The number of nitrogens with two attached hydrogens (primary N) is 1. The van der Waals surface area contributed by atoms with Crippen molar-refractivity contribution >= 4 is 0 Å². The summed E-state index contributed by atoms with van der Waals surface area (Å²) in [6.45, 7) is 6.85. The minimum absolute atomic E-state index is 0.428. The molecule has 0 saturated heterocycles. The molecule has 3 heteroatoms. The maximum atomic E-state index is 5.56. The van der Waals surface area contributed by atoms with Gasteiger partial charge < -0.3 is 5.73 Å². The second-order valence-corrected chi connectivity index (χ2v) is 3.81. The Hall–Kier alpha value is -0.960. The number of nitrogens with zero attached hydrogens (tertiary/aromatic N) is 2. The highest BCUT2D eigenvalue weighted by Crippen LogP contribution is 2.13. The molecule has 14 heavy (non-hydrogen) atoms. The van der Waals surface area contributed by atoms with Gasteiger partial charge in [-0.3, -0.25) is 0 Å². The van der Waals surface area contributed by atoms with Crippen molar-refractivity contribution < 1.29 is 0 Å². The molecule has 1 aromatic rings. The van der Waals surface area contributed by atoms with Crippen LogP contribution in [0.15, 0.2) is 6.07 Å². The molecular weight excluding hydrogens is 174 g/mol. The molecule has 3 nitrogen and oxygen atoms in total. The van der Waals surface area contributed by atoms with Crippen LogP contribution in [0, 0.1) is 0 Å². The monoisotopic (exact) mass is 193 g/mol. The summed E-state index contributed by atoms with van der Waals surface area (Å²) in [5.41, 5.74) is 7.78. The van der Waals surface area contributed by atoms with Gasteiger partial charge in [0.05, 0.1) is 6.54 Å². The second-order valence-electron chi connectivity index (χ2n) is 3.81. The van der Waals surface area contributed by atoms with E-state index in [-0.39, 0.29) is 0 Å². The molecule has 1 rings (SSSR count). The van der Waals surface area contributed by atoms with Crippen molar-refractivity contribution in [2.75, 3.05) is 0 Å². The molecule has 0 aliphatic heterocycles. The van der Waals surface area contributed by atoms with E-state index in [9.17, 15) is 0 Å². The molecule has 1 aromatic heterocycles. The largest absolute Gasteiger partial charge is 0.324 e. The standard InChI is InChI=1S/C11H19N3/c1-4-5-9-6-10(8(2)3)14-11(7-12)13-9/h6,8H,4-5,7,12H2,1-3H3. The molecule has 0 radical (unpaired) electrons. The van der Waals surface area contributed by atoms with Crippen molar-refractivity contribution in [1.82, 2.24) is 9.97 Å². The molecule has 78 valence electrons. The topological polar surface area (TPSA) is 51.8 Å². The van der Waals surface area contributed by atoms with Gasteiger partial charge >= 0.3 is 0 Å². The second kappa shape index (κ2) is 5.05. The van der Waals surface area contributed by atoms with Crippen molar-refractivity contribution in [3.8, 4) is 0 Å². The Balaban J connectivity index is 3.00. The summed E-state index contributed by atoms with van der Waals surface area (Å²) in [5.74, 6) is 1.21. The van der Waals surface area contributed by atoms with Crippen LogP contribution in [0.5, 0.6) is 0 Å². The van der Waals surface area contributed by atoms with Gasteiger partial charge in [0.25, 0.3) is 0 Å². The summed E-state index contributed by atoms with van der Waals surface area (Å²) in [5, 5.41) is 0. The molecule has 0 aromatic carbocycles. The molecule has 0 aliphatic rings. The zero-order valence-corrected chi connectivity index (χ0v) is 9.25. The first kappa shape index (κ1) is 11.1. The predicted molar refractivity (Wildman–Crippen MR) is 58.0 cm³/mol. The summed E-state index contributed by atoms with van der Waals surface area (Å²) in [4.78, 5) is 8.79. The Kier molecular flexibility index (Phi) is 4.01. The Morgan fingerprint density at radius 1 is 1.36 bits per heavy atom. The molecule has 1 heterocycles. The highest BCUT2D eigenvalue weighted by Gasteiger charge is 2.06. The summed E-state index contributed by atoms with van der Waals surface area (Å²) < 4.78 is 0. The lowest BCUT2D eigenvalue weighted by Crippen LogP contribution is -2.08. The van der Waals surface area contributed by atoms with Crippen LogP contribution < -0.4 is 5.73 Å². The average Bonchev–Trinajstić information content (AvgIpc) is 2.17. The number of rotatable bonds is 4. The Morgan fingerprint density at radius 3 is 2.57 bits per heavy atom. The Labute approximate surface area is 85.8 Å². The van der Waals surface area contributed by atoms with Crippen LogP contribution in [0.4, 0.5) is 0 Å². The van der Waals surface area contributed by atoms with Crippen LogP contribution in [0.1, 0.15) is 50.3 Å². The van der Waals surface area contributed by atoms with Gasteiger partial charge in [-0.25, -0.2) is 9.97 Å². The predicted octanol–water partition coefficient (Wildman–Crippen LogP) is 2.01. The SMILES string of the molecule is CCCc1cc(C(C)C)nc(CN)n1. The van der Waals surface area contributed by atoms with Crippen molar-refractivity contribution in [3.63, 3.8) is 0 Å². The first-order valence-corrected chi connectivity index (χ1v) is 5.24. The molecule has 0 fully saturated rings. The van der Waals surface area contributed by atoms with Gasteiger partial charge in [-0.15, -0.1) is 0 Å². The minimum atomic E-state index is 0.428. The van der Waals surface area contributed by atoms with E-state index in [0.29, 0.717) is 12.5 Å². The molecule has 0 aliphatic carbocycles. The van der Waals surface area contributed by atoms with E-state index < -0.39 is 0 Å². The van der Waals surface area contributed by atoms with Crippen molar-refractivity contribution in [1.29, 1.82) is 0 Å². The van der Waals surface area contributed by atoms with Gasteiger partial charge in [-0.2, -0.15) is 0 Å². The van der Waals surface area contributed by atoms with E-state index in [1.165, 1.54) is 0 Å². The average molecular weight is 193 g/mol. The molecule has 0 spiro atoms. The van der Waals surface area contributed by atoms with Gasteiger partial charge in [-0.05, 0) is 18.4 Å². The molecule has 0 atom stereocenters. The molecular formula is C11H19N3. The van der Waals surface area contributed by atoms with E-state index in [1.807, 2.05) is 0 Å². The van der Waals surface area contributed by atoms with E-state index in [1.54, 1.807) is 0 Å². The maximum absolute atomic E-state index is 5.56.